The normalized spacial score (nSPS) is 11.1. The molecule has 0 saturated carbocycles. The van der Waals surface area contributed by atoms with E-state index in [1.807, 2.05) is 0 Å². The molecule has 1 amide bonds. The van der Waals surface area contributed by atoms with Crippen LogP contribution in [0.1, 0.15) is 27.0 Å². The van der Waals surface area contributed by atoms with Crippen molar-refractivity contribution in [2.24, 2.45) is 0 Å². The molecule has 0 saturated heterocycles. The van der Waals surface area contributed by atoms with Gasteiger partial charge in [0.1, 0.15) is 11.4 Å². The lowest BCUT2D eigenvalue weighted by atomic mass is 10.2. The molecule has 0 aliphatic carbocycles. The molecular weight excluding hydrogens is 448 g/mol. The van der Waals surface area contributed by atoms with Crippen molar-refractivity contribution in [3.8, 4) is 0 Å². The monoisotopic (exact) mass is 468 g/mol. The molecule has 1 N–H and O–H groups in total. The number of thiophene rings is 1. The van der Waals surface area contributed by atoms with Crippen LogP contribution in [0.25, 0.3) is 0 Å². The van der Waals surface area contributed by atoms with Crippen LogP contribution in [0.5, 0.6) is 0 Å². The number of hydrogen-bond donors (Lipinski definition) is 1. The van der Waals surface area contributed by atoms with Gasteiger partial charge in [0.05, 0.1) is 17.7 Å². The Balaban J connectivity index is 1.91. The average molecular weight is 469 g/mol. The number of carbonyl (C=O) groups excluding carboxylic acids is 4. The number of nitrogens with one attached hydrogen (secondary N) is 1. The van der Waals surface area contributed by atoms with Gasteiger partial charge in [0, 0.05) is 12.6 Å². The zero-order valence-electron chi connectivity index (χ0n) is 16.9. The van der Waals surface area contributed by atoms with Crippen LogP contribution in [0.2, 0.25) is 0 Å². The topological polar surface area (TPSA) is 136 Å². The Morgan fingerprint density at radius 2 is 1.74 bits per heavy atom. The second kappa shape index (κ2) is 10.3. The highest BCUT2D eigenvalue weighted by Crippen LogP contribution is 2.23. The number of esters is 2. The summed E-state index contributed by atoms with van der Waals surface area (Å²) in [5.41, 5.74) is 0.569. The standard InChI is InChI=1S/C19H20N2O8S2/c1-12(22)13-4-6-14(7-5-13)31(26,27)21(2)10-17(24)29-11-16(23)20-15-8-9-30-18(15)19(25)28-3/h4-9H,10-11H2,1-3H3,(H,20,23). The number of Topliss-reactive ketones (excluding diaryl/α,β-unsaturated/α-hetero) is 1. The van der Waals surface area contributed by atoms with Crippen LogP contribution in [0.4, 0.5) is 5.69 Å². The molecule has 31 heavy (non-hydrogen) atoms. The SMILES string of the molecule is COC(=O)c1sccc1NC(=O)COC(=O)CN(C)S(=O)(=O)c1ccc(C(C)=O)cc1. The van der Waals surface area contributed by atoms with Gasteiger partial charge in [-0.1, -0.05) is 12.1 Å². The lowest BCUT2D eigenvalue weighted by Crippen LogP contribution is -2.34. The van der Waals surface area contributed by atoms with Crippen LogP contribution < -0.4 is 5.32 Å². The molecule has 0 radical (unpaired) electrons. The fraction of sp³-hybridized carbons (Fsp3) is 0.263. The van der Waals surface area contributed by atoms with E-state index in [1.54, 1.807) is 5.38 Å². The van der Waals surface area contributed by atoms with Crippen LogP contribution in [-0.2, 0) is 29.1 Å². The number of anilines is 1. The van der Waals surface area contributed by atoms with Gasteiger partial charge in [-0.25, -0.2) is 13.2 Å². The third kappa shape index (κ3) is 6.20. The third-order valence-electron chi connectivity index (χ3n) is 4.00. The van der Waals surface area contributed by atoms with E-state index in [0.717, 1.165) is 15.6 Å². The molecule has 12 heteroatoms. The van der Waals surface area contributed by atoms with Gasteiger partial charge in [0.2, 0.25) is 10.0 Å². The highest BCUT2D eigenvalue weighted by molar-refractivity contribution is 7.89. The fourth-order valence-corrected chi connectivity index (χ4v) is 4.23. The number of amides is 1. The maximum absolute atomic E-state index is 12.5. The summed E-state index contributed by atoms with van der Waals surface area (Å²) in [5, 5.41) is 4.00. The number of hydrogen-bond acceptors (Lipinski definition) is 9. The number of methoxy groups -OCH3 is 1. The van der Waals surface area contributed by atoms with Gasteiger partial charge >= 0.3 is 11.9 Å². The van der Waals surface area contributed by atoms with Gasteiger partial charge in [0.15, 0.2) is 12.4 Å². The first kappa shape index (κ1) is 24.2. The van der Waals surface area contributed by atoms with Gasteiger partial charge in [-0.2, -0.15) is 4.31 Å². The molecule has 1 aromatic carbocycles. The minimum absolute atomic E-state index is 0.0988. The highest BCUT2D eigenvalue weighted by Gasteiger charge is 2.24. The van der Waals surface area contributed by atoms with Gasteiger partial charge in [-0.05, 0) is 30.5 Å². The van der Waals surface area contributed by atoms with Crippen molar-refractivity contribution < 1.29 is 37.1 Å². The Hall–Kier alpha value is -3.09. The van der Waals surface area contributed by atoms with Crippen LogP contribution in [0, 0.1) is 0 Å². The molecule has 2 rings (SSSR count). The Kier molecular flexibility index (Phi) is 8.02. The van der Waals surface area contributed by atoms with Crippen molar-refractivity contribution >= 4 is 50.7 Å². The Labute approximate surface area is 182 Å². The van der Waals surface area contributed by atoms with Crippen LogP contribution in [-0.4, -0.2) is 63.7 Å². The van der Waals surface area contributed by atoms with Gasteiger partial charge in [-0.3, -0.25) is 14.4 Å². The molecule has 166 valence electrons. The summed E-state index contributed by atoms with van der Waals surface area (Å²) >= 11 is 1.07. The molecule has 0 aliphatic rings. The highest BCUT2D eigenvalue weighted by atomic mass is 32.2. The molecular formula is C19H20N2O8S2. The largest absolute Gasteiger partial charge is 0.465 e. The van der Waals surface area contributed by atoms with E-state index in [0.29, 0.717) is 5.56 Å². The fourth-order valence-electron chi connectivity index (χ4n) is 2.34. The predicted octanol–water partition coefficient (Wildman–Crippen LogP) is 1.54. The number of benzene rings is 1. The molecule has 1 aromatic heterocycles. The van der Waals surface area contributed by atoms with Gasteiger partial charge in [-0.15, -0.1) is 11.3 Å². The molecule has 2 aromatic rings. The van der Waals surface area contributed by atoms with Crippen molar-refractivity contribution in [2.45, 2.75) is 11.8 Å². The third-order valence-corrected chi connectivity index (χ3v) is 6.71. The molecule has 0 spiro atoms. The molecule has 10 nitrogen and oxygen atoms in total. The van der Waals surface area contributed by atoms with Crippen molar-refractivity contribution in [3.05, 3.63) is 46.2 Å². The second-order valence-corrected chi connectivity index (χ2v) is 9.17. The number of carbonyl (C=O) groups is 4. The number of nitrogens with zero attached hydrogens (tertiary/aromatic N) is 1. The van der Waals surface area contributed by atoms with E-state index in [-0.39, 0.29) is 21.2 Å². The van der Waals surface area contributed by atoms with E-state index in [4.69, 9.17) is 4.74 Å². The van der Waals surface area contributed by atoms with E-state index in [2.05, 4.69) is 10.1 Å². The summed E-state index contributed by atoms with van der Waals surface area (Å²) in [4.78, 5) is 46.9. The van der Waals surface area contributed by atoms with Crippen molar-refractivity contribution in [3.63, 3.8) is 0 Å². The number of rotatable bonds is 9. The smallest absolute Gasteiger partial charge is 0.350 e. The summed E-state index contributed by atoms with van der Waals surface area (Å²) in [6.45, 7) is 0.0584. The Morgan fingerprint density at radius 3 is 2.32 bits per heavy atom. The lowest BCUT2D eigenvalue weighted by Gasteiger charge is -2.16. The van der Waals surface area contributed by atoms with Gasteiger partial charge in [0.25, 0.3) is 5.91 Å². The zero-order chi connectivity index (χ0) is 23.2. The number of ether oxygens (including phenoxy) is 2. The summed E-state index contributed by atoms with van der Waals surface area (Å²) < 4.78 is 35.3. The summed E-state index contributed by atoms with van der Waals surface area (Å²) in [6.07, 6.45) is 0. The van der Waals surface area contributed by atoms with Crippen molar-refractivity contribution in [2.75, 3.05) is 32.6 Å². The first-order valence-corrected chi connectivity index (χ1v) is 11.1. The zero-order valence-corrected chi connectivity index (χ0v) is 18.5. The van der Waals surface area contributed by atoms with Crippen LogP contribution >= 0.6 is 11.3 Å². The van der Waals surface area contributed by atoms with Crippen molar-refractivity contribution in [1.82, 2.24) is 4.31 Å². The minimum atomic E-state index is -4.00. The molecule has 0 fully saturated rings. The predicted molar refractivity (Wildman–Crippen MR) is 112 cm³/mol. The first-order chi connectivity index (χ1) is 14.6. The maximum Gasteiger partial charge on any atom is 0.350 e. The van der Waals surface area contributed by atoms with Crippen LogP contribution in [0.15, 0.2) is 40.6 Å². The summed E-state index contributed by atoms with van der Waals surface area (Å²) in [5.74, 6) is -2.48. The first-order valence-electron chi connectivity index (χ1n) is 8.75. The summed E-state index contributed by atoms with van der Waals surface area (Å²) in [7, 11) is -1.61. The van der Waals surface area contributed by atoms with E-state index in [9.17, 15) is 27.6 Å². The minimum Gasteiger partial charge on any atom is -0.465 e. The molecule has 0 bridgehead atoms. The Bertz CT molecular complexity index is 1090. The average Bonchev–Trinajstić information content (AvgIpc) is 3.19. The van der Waals surface area contributed by atoms with Gasteiger partial charge < -0.3 is 14.8 Å². The number of ketones is 1. The van der Waals surface area contributed by atoms with E-state index < -0.39 is 41.0 Å². The molecule has 1 heterocycles. The number of likely N-dealkylation sites (N-methyl/N-ethyl adjacent to an activating group) is 1. The lowest BCUT2D eigenvalue weighted by molar-refractivity contribution is -0.147. The van der Waals surface area contributed by atoms with E-state index >= 15 is 0 Å². The molecule has 0 aliphatic heterocycles. The Morgan fingerprint density at radius 1 is 1.10 bits per heavy atom. The quantitative estimate of drug-likeness (QED) is 0.432. The number of sulfonamides is 1. The van der Waals surface area contributed by atoms with Crippen molar-refractivity contribution in [1.29, 1.82) is 0 Å². The molecule has 0 unspecified atom stereocenters. The van der Waals surface area contributed by atoms with Crippen LogP contribution in [0.3, 0.4) is 0 Å². The summed E-state index contributed by atoms with van der Waals surface area (Å²) in [6, 6.07) is 6.77. The second-order valence-electron chi connectivity index (χ2n) is 6.21. The molecule has 0 atom stereocenters. The maximum atomic E-state index is 12.5. The van der Waals surface area contributed by atoms with E-state index in [1.165, 1.54) is 51.4 Å².